The molecule has 1 aromatic heterocycles. The maximum atomic E-state index is 14.1. The lowest BCUT2D eigenvalue weighted by Crippen LogP contribution is -2.27. The largest absolute Gasteiger partial charge is 0.370 e. The Hall–Kier alpha value is -4.75. The topological polar surface area (TPSA) is 102 Å². The Morgan fingerprint density at radius 2 is 1.39 bits per heavy atom. The molecule has 4 aromatic rings. The summed E-state index contributed by atoms with van der Waals surface area (Å²) in [6.45, 7) is 3.09. The van der Waals surface area contributed by atoms with Crippen LogP contribution in [0.25, 0.3) is 11.3 Å². The minimum Gasteiger partial charge on any atom is -0.370 e. The Balaban J connectivity index is 1.42. The number of azo groups is 1. The van der Waals surface area contributed by atoms with Gasteiger partial charge in [0.25, 0.3) is 5.69 Å². The summed E-state index contributed by atoms with van der Waals surface area (Å²) >= 11 is 0. The van der Waals surface area contributed by atoms with Gasteiger partial charge in [0.15, 0.2) is 23.3 Å². The number of aromatic nitrogens is 3. The highest BCUT2D eigenvalue weighted by atomic mass is 19.2. The highest BCUT2D eigenvalue weighted by Gasteiger charge is 2.28. The van der Waals surface area contributed by atoms with Gasteiger partial charge in [0.2, 0.25) is 5.82 Å². The maximum absolute atomic E-state index is 14.1. The fourth-order valence-corrected chi connectivity index (χ4v) is 3.53. The summed E-state index contributed by atoms with van der Waals surface area (Å²) in [5.41, 5.74) is 0.149. The van der Waals surface area contributed by atoms with Crippen molar-refractivity contribution in [1.29, 1.82) is 0 Å². The van der Waals surface area contributed by atoms with Crippen molar-refractivity contribution in [3.8, 4) is 11.3 Å². The third kappa shape index (κ3) is 5.48. The lowest BCUT2D eigenvalue weighted by atomic mass is 10.1. The van der Waals surface area contributed by atoms with Crippen LogP contribution >= 0.6 is 0 Å². The lowest BCUT2D eigenvalue weighted by molar-refractivity contribution is -0.384. The molecule has 9 nitrogen and oxygen atoms in total. The molecule has 0 N–H and O–H groups in total. The molecule has 0 fully saturated rings. The van der Waals surface area contributed by atoms with Gasteiger partial charge in [0.05, 0.1) is 34.6 Å². The van der Waals surface area contributed by atoms with E-state index in [0.29, 0.717) is 24.5 Å². The molecular weight excluding hydrogens is 513 g/mol. The third-order valence-electron chi connectivity index (χ3n) is 5.54. The molecule has 4 rings (SSSR count). The minimum absolute atomic E-state index is 0.0485. The number of benzene rings is 3. The SMILES string of the molecule is CCN(CCn1cc(-c2c(F)c(F)c(F)c(F)c2F)nn1)c1ccc(/N=N/c2ccc([N+](=O)[O-])cc2)cc1. The van der Waals surface area contributed by atoms with E-state index in [-0.39, 0.29) is 12.2 Å². The van der Waals surface area contributed by atoms with Crippen molar-refractivity contribution in [1.82, 2.24) is 15.0 Å². The number of nitrogens with zero attached hydrogens (tertiary/aromatic N) is 7. The monoisotopic (exact) mass is 531 g/mol. The van der Waals surface area contributed by atoms with Crippen LogP contribution in [0.2, 0.25) is 0 Å². The molecule has 0 amide bonds. The van der Waals surface area contributed by atoms with E-state index < -0.39 is 45.3 Å². The van der Waals surface area contributed by atoms with Crippen LogP contribution in [-0.2, 0) is 6.54 Å². The van der Waals surface area contributed by atoms with E-state index in [1.54, 1.807) is 24.3 Å². The lowest BCUT2D eigenvalue weighted by Gasteiger charge is -2.23. The molecule has 0 bridgehead atoms. The average molecular weight is 531 g/mol. The normalized spacial score (nSPS) is 11.3. The number of likely N-dealkylation sites (N-methyl/N-ethyl adjacent to an activating group) is 1. The zero-order valence-electron chi connectivity index (χ0n) is 19.7. The van der Waals surface area contributed by atoms with E-state index in [1.165, 1.54) is 28.9 Å². The van der Waals surface area contributed by atoms with Crippen molar-refractivity contribution in [2.24, 2.45) is 10.2 Å². The van der Waals surface area contributed by atoms with Gasteiger partial charge in [-0.3, -0.25) is 14.8 Å². The van der Waals surface area contributed by atoms with Gasteiger partial charge >= 0.3 is 0 Å². The Kier molecular flexibility index (Phi) is 7.69. The smallest absolute Gasteiger partial charge is 0.269 e. The van der Waals surface area contributed by atoms with Gasteiger partial charge in [-0.05, 0) is 43.3 Å². The highest BCUT2D eigenvalue weighted by molar-refractivity contribution is 5.60. The molecule has 0 aliphatic rings. The van der Waals surface area contributed by atoms with Crippen LogP contribution in [0.1, 0.15) is 6.92 Å². The molecule has 38 heavy (non-hydrogen) atoms. The molecule has 0 atom stereocenters. The summed E-state index contributed by atoms with van der Waals surface area (Å²) in [5, 5.41) is 26.2. The summed E-state index contributed by atoms with van der Waals surface area (Å²) in [4.78, 5) is 12.2. The summed E-state index contributed by atoms with van der Waals surface area (Å²) in [6, 6.07) is 12.7. The van der Waals surface area contributed by atoms with E-state index in [4.69, 9.17) is 0 Å². The number of nitro benzene ring substituents is 1. The number of anilines is 1. The van der Waals surface area contributed by atoms with E-state index in [2.05, 4.69) is 20.5 Å². The van der Waals surface area contributed by atoms with Crippen molar-refractivity contribution in [3.05, 3.63) is 93.9 Å². The Morgan fingerprint density at radius 1 is 0.868 bits per heavy atom. The quantitative estimate of drug-likeness (QED) is 0.0614. The van der Waals surface area contributed by atoms with Crippen LogP contribution in [-0.4, -0.2) is 33.0 Å². The molecule has 0 saturated heterocycles. The van der Waals surface area contributed by atoms with E-state index >= 15 is 0 Å². The van der Waals surface area contributed by atoms with Gasteiger partial charge in [0, 0.05) is 30.9 Å². The minimum atomic E-state index is -2.24. The number of nitro groups is 1. The van der Waals surface area contributed by atoms with Crippen LogP contribution < -0.4 is 4.90 Å². The molecule has 196 valence electrons. The van der Waals surface area contributed by atoms with Gasteiger partial charge in [0.1, 0.15) is 5.69 Å². The van der Waals surface area contributed by atoms with Gasteiger partial charge < -0.3 is 4.90 Å². The van der Waals surface area contributed by atoms with Crippen LogP contribution in [0.3, 0.4) is 0 Å². The van der Waals surface area contributed by atoms with E-state index in [0.717, 1.165) is 11.9 Å². The average Bonchev–Trinajstić information content (AvgIpc) is 3.39. The fraction of sp³-hybridized carbons (Fsp3) is 0.167. The molecule has 0 radical (unpaired) electrons. The van der Waals surface area contributed by atoms with Gasteiger partial charge in [-0.1, -0.05) is 5.21 Å². The zero-order chi connectivity index (χ0) is 27.4. The summed E-state index contributed by atoms with van der Waals surface area (Å²) < 4.78 is 69.7. The second-order valence-electron chi connectivity index (χ2n) is 7.88. The number of non-ortho nitro benzene ring substituents is 1. The van der Waals surface area contributed by atoms with Crippen LogP contribution in [0.5, 0.6) is 0 Å². The molecule has 0 unspecified atom stereocenters. The van der Waals surface area contributed by atoms with Gasteiger partial charge in [-0.2, -0.15) is 10.2 Å². The van der Waals surface area contributed by atoms with Crippen molar-refractivity contribution in [2.75, 3.05) is 18.0 Å². The molecule has 1 heterocycles. The van der Waals surface area contributed by atoms with E-state index in [9.17, 15) is 32.1 Å². The molecule has 0 spiro atoms. The molecule has 14 heteroatoms. The first kappa shape index (κ1) is 26.3. The fourth-order valence-electron chi connectivity index (χ4n) is 3.53. The first-order valence-corrected chi connectivity index (χ1v) is 11.1. The molecule has 3 aromatic carbocycles. The van der Waals surface area contributed by atoms with Crippen molar-refractivity contribution in [2.45, 2.75) is 13.5 Å². The van der Waals surface area contributed by atoms with Crippen molar-refractivity contribution in [3.63, 3.8) is 0 Å². The number of rotatable bonds is 9. The summed E-state index contributed by atoms with van der Waals surface area (Å²) in [6.07, 6.45) is 1.10. The number of hydrogen-bond acceptors (Lipinski definition) is 7. The molecule has 0 saturated carbocycles. The van der Waals surface area contributed by atoms with Crippen LogP contribution in [0, 0.1) is 39.2 Å². The second-order valence-corrected chi connectivity index (χ2v) is 7.88. The maximum Gasteiger partial charge on any atom is 0.269 e. The van der Waals surface area contributed by atoms with Crippen LogP contribution in [0.4, 0.5) is 44.7 Å². The molecule has 0 aliphatic heterocycles. The highest BCUT2D eigenvalue weighted by Crippen LogP contribution is 2.30. The summed E-state index contributed by atoms with van der Waals surface area (Å²) in [5.74, 6) is -10.3. The predicted molar refractivity (Wildman–Crippen MR) is 127 cm³/mol. The first-order valence-electron chi connectivity index (χ1n) is 11.1. The number of hydrogen-bond donors (Lipinski definition) is 0. The standard InChI is InChI=1S/C24H18F5N7O2/c1-2-34(16-7-3-14(4-8-16)30-31-15-5-9-17(10-6-15)36(37)38)11-12-35-13-18(32-33-35)19-20(25)22(27)24(29)23(28)21(19)26/h3-10,13H,2,11-12H2,1H3/b31-30+. The first-order chi connectivity index (χ1) is 18.2. The second kappa shape index (κ2) is 11.1. The predicted octanol–water partition coefficient (Wildman–Crippen LogP) is 6.49. The van der Waals surface area contributed by atoms with Gasteiger partial charge in [-0.15, -0.1) is 5.10 Å². The van der Waals surface area contributed by atoms with Crippen LogP contribution in [0.15, 0.2) is 65.0 Å². The Bertz CT molecular complexity index is 1460. The Labute approximate surface area is 212 Å². The number of halogens is 5. The third-order valence-corrected chi connectivity index (χ3v) is 5.54. The molecule has 0 aliphatic carbocycles. The Morgan fingerprint density at radius 3 is 1.92 bits per heavy atom. The summed E-state index contributed by atoms with van der Waals surface area (Å²) in [7, 11) is 0. The van der Waals surface area contributed by atoms with Crippen molar-refractivity contribution >= 4 is 22.7 Å². The van der Waals surface area contributed by atoms with Crippen molar-refractivity contribution < 1.29 is 26.9 Å². The van der Waals surface area contributed by atoms with Gasteiger partial charge in [-0.25, -0.2) is 22.0 Å². The zero-order valence-corrected chi connectivity index (χ0v) is 19.7. The molecular formula is C24H18F5N7O2. The van der Waals surface area contributed by atoms with E-state index in [1.807, 2.05) is 11.8 Å².